The second kappa shape index (κ2) is 10.1. The smallest absolute Gasteiger partial charge is 0.354 e. The maximum Gasteiger partial charge on any atom is 0.354 e. The molecule has 29 heavy (non-hydrogen) atoms. The van der Waals surface area contributed by atoms with E-state index in [0.29, 0.717) is 0 Å². The van der Waals surface area contributed by atoms with Crippen LogP contribution in [-0.4, -0.2) is 46.7 Å². The fraction of sp³-hybridized carbons (Fsp3) is 0. The van der Waals surface area contributed by atoms with Crippen molar-refractivity contribution in [2.45, 2.75) is 0 Å². The van der Waals surface area contributed by atoms with Crippen LogP contribution in [0.1, 0.15) is 21.0 Å². The van der Waals surface area contributed by atoms with Crippen molar-refractivity contribution in [1.29, 1.82) is 0 Å². The third-order valence-corrected chi connectivity index (χ3v) is 3.45. The molecule has 10 heteroatoms. The predicted molar refractivity (Wildman–Crippen MR) is 97.7 cm³/mol. The van der Waals surface area contributed by atoms with Gasteiger partial charge in [0.05, 0.1) is 0 Å². The number of aromatic carboxylic acids is 2. The van der Waals surface area contributed by atoms with Gasteiger partial charge in [-0.3, -0.25) is 9.36 Å². The Morgan fingerprint density at radius 1 is 0.759 bits per heavy atom. The minimum Gasteiger partial charge on any atom is -0.477 e. The first-order valence-electron chi connectivity index (χ1n) is 8.00. The monoisotopic (exact) mass is 569 g/mol. The van der Waals surface area contributed by atoms with E-state index in [4.69, 9.17) is 10.2 Å². The van der Waals surface area contributed by atoms with Crippen LogP contribution in [0.4, 0.5) is 0 Å². The van der Waals surface area contributed by atoms with Crippen molar-refractivity contribution in [2.24, 2.45) is 0 Å². The average Bonchev–Trinajstić information content (AvgIpc) is 3.43. The SMILES string of the molecule is O=C(O)c1cccc(C(=O)O)n1.[Ir].[c-]1c(-n2cccn2)cccc1-n1cccn1. The molecule has 4 rings (SSSR count). The molecule has 3 aromatic heterocycles. The normalized spacial score (nSPS) is 9.66. The average molecular weight is 569 g/mol. The number of benzene rings is 1. The Morgan fingerprint density at radius 2 is 1.21 bits per heavy atom. The number of carbonyl (C=O) groups is 2. The van der Waals surface area contributed by atoms with E-state index >= 15 is 0 Å². The van der Waals surface area contributed by atoms with Gasteiger partial charge >= 0.3 is 11.9 Å². The molecule has 149 valence electrons. The van der Waals surface area contributed by atoms with Crippen LogP contribution in [0.3, 0.4) is 0 Å². The van der Waals surface area contributed by atoms with E-state index in [0.717, 1.165) is 11.4 Å². The molecule has 0 aliphatic rings. The molecule has 1 radical (unpaired) electrons. The van der Waals surface area contributed by atoms with Crippen LogP contribution in [0.2, 0.25) is 0 Å². The van der Waals surface area contributed by atoms with Gasteiger partial charge in [0, 0.05) is 44.9 Å². The summed E-state index contributed by atoms with van der Waals surface area (Å²) in [5.74, 6) is -2.48. The molecule has 4 aromatic rings. The molecule has 2 N–H and O–H groups in total. The maximum atomic E-state index is 10.3. The number of aromatic nitrogens is 5. The van der Waals surface area contributed by atoms with Gasteiger partial charge in [0.1, 0.15) is 11.4 Å². The van der Waals surface area contributed by atoms with Crippen molar-refractivity contribution in [3.63, 3.8) is 0 Å². The van der Waals surface area contributed by atoms with Gasteiger partial charge in [-0.2, -0.15) is 16.3 Å². The Hall–Kier alpha value is -3.62. The number of hydrogen-bond donors (Lipinski definition) is 2. The number of rotatable bonds is 4. The molecule has 0 saturated carbocycles. The van der Waals surface area contributed by atoms with Crippen LogP contribution in [0.15, 0.2) is 73.3 Å². The second-order valence-electron chi connectivity index (χ2n) is 5.34. The number of hydrogen-bond acceptors (Lipinski definition) is 5. The van der Waals surface area contributed by atoms with E-state index in [1.807, 2.05) is 42.7 Å². The minimum absolute atomic E-state index is 0. The Morgan fingerprint density at radius 3 is 1.59 bits per heavy atom. The summed E-state index contributed by atoms with van der Waals surface area (Å²) in [6, 6.07) is 16.7. The Bertz CT molecular complexity index is 1000. The number of pyridine rings is 1. The molecular weight excluding hydrogens is 554 g/mol. The van der Waals surface area contributed by atoms with E-state index < -0.39 is 11.9 Å². The minimum atomic E-state index is -1.24. The fourth-order valence-corrected chi connectivity index (χ4v) is 2.21. The molecule has 0 aliphatic heterocycles. The van der Waals surface area contributed by atoms with Crippen molar-refractivity contribution in [3.05, 3.63) is 90.8 Å². The van der Waals surface area contributed by atoms with E-state index in [1.54, 1.807) is 21.8 Å². The quantitative estimate of drug-likeness (QED) is 0.363. The van der Waals surface area contributed by atoms with Crippen molar-refractivity contribution in [2.75, 3.05) is 0 Å². The molecule has 0 fully saturated rings. The van der Waals surface area contributed by atoms with Gasteiger partial charge in [-0.05, 0) is 35.6 Å². The standard InChI is InChI=1S/C12H9N4.C7H5NO4.Ir/c1-4-11(15-8-2-6-13-15)10-12(5-1)16-9-3-7-14-16;9-6(10)4-2-1-3-5(8-4)7(11)12;/h1-9H;1-3H,(H,9,10)(H,11,12);/q-1;;. The fourth-order valence-electron chi connectivity index (χ4n) is 2.21. The third kappa shape index (κ3) is 5.68. The van der Waals surface area contributed by atoms with Crippen LogP contribution in [0.5, 0.6) is 0 Å². The number of nitrogens with zero attached hydrogens (tertiary/aromatic N) is 5. The van der Waals surface area contributed by atoms with Crippen molar-refractivity contribution >= 4 is 11.9 Å². The molecule has 1 aromatic carbocycles. The van der Waals surface area contributed by atoms with Crippen molar-refractivity contribution < 1.29 is 39.9 Å². The van der Waals surface area contributed by atoms with Crippen LogP contribution >= 0.6 is 0 Å². The predicted octanol–water partition coefficient (Wildman–Crippen LogP) is 2.33. The Balaban J connectivity index is 0.000000209. The summed E-state index contributed by atoms with van der Waals surface area (Å²) in [6.07, 6.45) is 7.26. The topological polar surface area (TPSA) is 123 Å². The van der Waals surface area contributed by atoms with Gasteiger partial charge in [0.25, 0.3) is 0 Å². The first-order valence-corrected chi connectivity index (χ1v) is 8.00. The van der Waals surface area contributed by atoms with E-state index in [1.165, 1.54) is 18.2 Å². The second-order valence-corrected chi connectivity index (χ2v) is 5.34. The van der Waals surface area contributed by atoms with Gasteiger partial charge in [-0.25, -0.2) is 14.6 Å². The first kappa shape index (κ1) is 21.7. The van der Waals surface area contributed by atoms with Crippen LogP contribution < -0.4 is 0 Å². The summed E-state index contributed by atoms with van der Waals surface area (Å²) in [6.45, 7) is 0. The molecule has 9 nitrogen and oxygen atoms in total. The van der Waals surface area contributed by atoms with Crippen molar-refractivity contribution in [1.82, 2.24) is 24.5 Å². The zero-order chi connectivity index (χ0) is 19.9. The van der Waals surface area contributed by atoms with Gasteiger partial charge in [-0.1, -0.05) is 6.07 Å². The van der Waals surface area contributed by atoms with Gasteiger partial charge in [-0.15, -0.1) is 18.2 Å². The van der Waals surface area contributed by atoms with Gasteiger partial charge < -0.3 is 10.2 Å². The molecule has 0 amide bonds. The van der Waals surface area contributed by atoms with Gasteiger partial charge in [0.15, 0.2) is 0 Å². The summed E-state index contributed by atoms with van der Waals surface area (Å²) in [5, 5.41) is 25.2. The summed E-state index contributed by atoms with van der Waals surface area (Å²) in [4.78, 5) is 24.0. The summed E-state index contributed by atoms with van der Waals surface area (Å²) < 4.78 is 3.54. The Labute approximate surface area is 178 Å². The zero-order valence-corrected chi connectivity index (χ0v) is 17.1. The van der Waals surface area contributed by atoms with Crippen molar-refractivity contribution in [3.8, 4) is 11.4 Å². The van der Waals surface area contributed by atoms with E-state index in [9.17, 15) is 9.59 Å². The van der Waals surface area contributed by atoms with Gasteiger partial charge in [0.2, 0.25) is 0 Å². The molecule has 0 aliphatic carbocycles. The summed E-state index contributed by atoms with van der Waals surface area (Å²) in [5.41, 5.74) is 1.26. The van der Waals surface area contributed by atoms with Crippen LogP contribution in [-0.2, 0) is 20.1 Å². The number of carboxylic acids is 2. The Kier molecular flexibility index (Phi) is 7.53. The molecule has 0 unspecified atom stereocenters. The van der Waals surface area contributed by atoms with E-state index in [2.05, 4.69) is 21.2 Å². The first-order chi connectivity index (χ1) is 13.5. The van der Waals surface area contributed by atoms with Crippen LogP contribution in [0, 0.1) is 6.07 Å². The summed E-state index contributed by atoms with van der Waals surface area (Å²) in [7, 11) is 0. The molecule has 0 atom stereocenters. The molecule has 0 bridgehead atoms. The number of carboxylic acid groups (broad SMARTS) is 2. The van der Waals surface area contributed by atoms with E-state index in [-0.39, 0.29) is 31.5 Å². The molecule has 3 heterocycles. The molecule has 0 spiro atoms. The largest absolute Gasteiger partial charge is 0.477 e. The molecule has 0 saturated heterocycles. The maximum absolute atomic E-state index is 10.3. The molecular formula is C19H14IrN5O4-. The summed E-state index contributed by atoms with van der Waals surface area (Å²) >= 11 is 0. The van der Waals surface area contributed by atoms with Crippen LogP contribution in [0.25, 0.3) is 11.4 Å². The third-order valence-electron chi connectivity index (χ3n) is 3.45. The zero-order valence-electron chi connectivity index (χ0n) is 14.7.